The van der Waals surface area contributed by atoms with Crippen LogP contribution >= 0.6 is 11.8 Å². The molecule has 0 saturated carbocycles. The predicted molar refractivity (Wildman–Crippen MR) is 81.8 cm³/mol. The summed E-state index contributed by atoms with van der Waals surface area (Å²) in [5.41, 5.74) is 2.63. The second kappa shape index (κ2) is 5.97. The van der Waals surface area contributed by atoms with E-state index in [0.29, 0.717) is 11.3 Å². The van der Waals surface area contributed by atoms with Crippen LogP contribution < -0.4 is 5.32 Å². The minimum absolute atomic E-state index is 0.298. The van der Waals surface area contributed by atoms with Crippen molar-refractivity contribution < 1.29 is 0 Å². The average Bonchev–Trinajstić information content (AvgIpc) is 3.06. The summed E-state index contributed by atoms with van der Waals surface area (Å²) in [5, 5.41) is 12.3. The number of rotatable bonds is 5. The van der Waals surface area contributed by atoms with E-state index in [1.807, 2.05) is 29.7 Å². The van der Waals surface area contributed by atoms with E-state index in [1.54, 1.807) is 0 Å². The number of nitrogens with zero attached hydrogens (tertiary/aromatic N) is 3. The monoisotopic (exact) mass is 288 g/mol. The normalized spacial score (nSPS) is 19.0. The smallest absolute Gasteiger partial charge is 0.0764 e. The van der Waals surface area contributed by atoms with Gasteiger partial charge in [0, 0.05) is 17.2 Å². The molecule has 2 aromatic rings. The van der Waals surface area contributed by atoms with E-state index in [2.05, 4.69) is 46.8 Å². The Morgan fingerprint density at radius 2 is 2.30 bits per heavy atom. The number of aryl methyl sites for hydroxylation is 1. The van der Waals surface area contributed by atoms with Gasteiger partial charge in [-0.25, -0.2) is 0 Å². The molecule has 4 nitrogen and oxygen atoms in total. The van der Waals surface area contributed by atoms with Crippen LogP contribution in [0.15, 0.2) is 35.4 Å². The Labute approximate surface area is 124 Å². The quantitative estimate of drug-likeness (QED) is 0.918. The van der Waals surface area contributed by atoms with Gasteiger partial charge in [-0.3, -0.25) is 4.68 Å². The zero-order valence-electron chi connectivity index (χ0n) is 11.9. The number of hydrogen-bond donors (Lipinski definition) is 1. The lowest BCUT2D eigenvalue weighted by Crippen LogP contribution is -2.32. The molecule has 0 spiro atoms. The molecule has 2 atom stereocenters. The van der Waals surface area contributed by atoms with Crippen LogP contribution in [0.25, 0.3) is 0 Å². The Balaban J connectivity index is 1.83. The maximum absolute atomic E-state index is 4.08. The molecule has 0 bridgehead atoms. The van der Waals surface area contributed by atoms with Gasteiger partial charge in [0.25, 0.3) is 0 Å². The Bertz CT molecular complexity index is 556. The van der Waals surface area contributed by atoms with Crippen LogP contribution in [0.5, 0.6) is 0 Å². The fourth-order valence-corrected chi connectivity index (χ4v) is 4.12. The Hall–Kier alpha value is -1.33. The molecule has 1 aromatic heterocycles. The minimum Gasteiger partial charge on any atom is -0.308 e. The molecule has 20 heavy (non-hydrogen) atoms. The highest BCUT2D eigenvalue weighted by Gasteiger charge is 2.31. The Kier molecular flexibility index (Phi) is 4.08. The zero-order chi connectivity index (χ0) is 13.9. The highest BCUT2D eigenvalue weighted by molar-refractivity contribution is 8.00. The molecular formula is C15H20N4S. The van der Waals surface area contributed by atoms with Crippen molar-refractivity contribution in [2.45, 2.75) is 36.0 Å². The molecule has 1 aliphatic rings. The molecule has 0 amide bonds. The van der Waals surface area contributed by atoms with E-state index in [9.17, 15) is 0 Å². The summed E-state index contributed by atoms with van der Waals surface area (Å²) in [6, 6.07) is 9.00. The molecule has 2 heterocycles. The number of hydrogen-bond acceptors (Lipinski definition) is 4. The Morgan fingerprint density at radius 3 is 3.00 bits per heavy atom. The second-order valence-electron chi connectivity index (χ2n) is 5.18. The van der Waals surface area contributed by atoms with Crippen LogP contribution in [0, 0.1) is 0 Å². The van der Waals surface area contributed by atoms with E-state index in [4.69, 9.17) is 0 Å². The Morgan fingerprint density at radius 1 is 1.45 bits per heavy atom. The third kappa shape index (κ3) is 2.60. The molecule has 106 valence electrons. The highest BCUT2D eigenvalue weighted by atomic mass is 32.2. The molecule has 0 radical (unpaired) electrons. The van der Waals surface area contributed by atoms with Crippen molar-refractivity contribution in [3.8, 4) is 0 Å². The summed E-state index contributed by atoms with van der Waals surface area (Å²) in [6.45, 7) is 3.21. The fourth-order valence-electron chi connectivity index (χ4n) is 2.70. The van der Waals surface area contributed by atoms with Crippen LogP contribution in [-0.2, 0) is 13.5 Å². The lowest BCUT2D eigenvalue weighted by Gasteiger charge is -2.23. The maximum Gasteiger partial charge on any atom is 0.0764 e. The molecule has 3 rings (SSSR count). The van der Waals surface area contributed by atoms with Gasteiger partial charge in [0.2, 0.25) is 0 Å². The molecular weight excluding hydrogens is 268 g/mol. The molecule has 1 aromatic carbocycles. The number of benzene rings is 1. The van der Waals surface area contributed by atoms with Gasteiger partial charge in [0.15, 0.2) is 0 Å². The van der Waals surface area contributed by atoms with Crippen LogP contribution in [0.1, 0.15) is 30.6 Å². The largest absolute Gasteiger partial charge is 0.308 e. The SMILES string of the molecule is CCCNC(c1cnnn1C)C1Cc2ccccc2S1. The average molecular weight is 288 g/mol. The van der Waals surface area contributed by atoms with Crippen molar-refractivity contribution in [1.82, 2.24) is 20.3 Å². The molecule has 1 aliphatic heterocycles. The summed E-state index contributed by atoms with van der Waals surface area (Å²) in [4.78, 5) is 1.41. The number of nitrogens with one attached hydrogen (secondary N) is 1. The fraction of sp³-hybridized carbons (Fsp3) is 0.467. The summed E-state index contributed by atoms with van der Waals surface area (Å²) in [7, 11) is 1.97. The lowest BCUT2D eigenvalue weighted by molar-refractivity contribution is 0.480. The topological polar surface area (TPSA) is 42.7 Å². The van der Waals surface area contributed by atoms with Crippen molar-refractivity contribution in [3.05, 3.63) is 41.7 Å². The molecule has 0 saturated heterocycles. The van der Waals surface area contributed by atoms with Crippen LogP contribution in [0.2, 0.25) is 0 Å². The van der Waals surface area contributed by atoms with E-state index in [-0.39, 0.29) is 0 Å². The minimum atomic E-state index is 0.298. The van der Waals surface area contributed by atoms with Gasteiger partial charge in [0.05, 0.1) is 17.9 Å². The van der Waals surface area contributed by atoms with Gasteiger partial charge in [0.1, 0.15) is 0 Å². The highest BCUT2D eigenvalue weighted by Crippen LogP contribution is 2.42. The van der Waals surface area contributed by atoms with Gasteiger partial charge in [-0.15, -0.1) is 16.9 Å². The van der Waals surface area contributed by atoms with Gasteiger partial charge in [-0.1, -0.05) is 30.3 Å². The summed E-state index contributed by atoms with van der Waals surface area (Å²) in [6.07, 6.45) is 4.12. The van der Waals surface area contributed by atoms with Crippen molar-refractivity contribution >= 4 is 11.8 Å². The predicted octanol–water partition coefficient (Wildman–Crippen LogP) is 2.57. The third-order valence-electron chi connectivity index (χ3n) is 3.73. The first kappa shape index (κ1) is 13.6. The van der Waals surface area contributed by atoms with E-state index in [1.165, 1.54) is 16.2 Å². The second-order valence-corrected chi connectivity index (χ2v) is 6.46. The van der Waals surface area contributed by atoms with Crippen LogP contribution in [0.4, 0.5) is 0 Å². The summed E-state index contributed by atoms with van der Waals surface area (Å²) in [5.74, 6) is 0. The van der Waals surface area contributed by atoms with Crippen LogP contribution in [-0.4, -0.2) is 26.8 Å². The standard InChI is InChI=1S/C15H20N4S/c1-3-8-16-15(12-10-17-18-19(12)2)14-9-11-6-4-5-7-13(11)20-14/h4-7,10,14-16H,3,8-9H2,1-2H3. The molecule has 1 N–H and O–H groups in total. The molecule has 5 heteroatoms. The lowest BCUT2D eigenvalue weighted by atomic mass is 10.0. The van der Waals surface area contributed by atoms with Crippen molar-refractivity contribution in [2.24, 2.45) is 7.05 Å². The van der Waals surface area contributed by atoms with Gasteiger partial charge >= 0.3 is 0 Å². The summed E-state index contributed by atoms with van der Waals surface area (Å²) >= 11 is 1.97. The molecule has 0 aliphatic carbocycles. The van der Waals surface area contributed by atoms with E-state index in [0.717, 1.165) is 19.4 Å². The third-order valence-corrected chi connectivity index (χ3v) is 5.12. The van der Waals surface area contributed by atoms with E-state index >= 15 is 0 Å². The zero-order valence-corrected chi connectivity index (χ0v) is 12.7. The first-order chi connectivity index (χ1) is 9.79. The molecule has 0 fully saturated rings. The van der Waals surface area contributed by atoms with Gasteiger partial charge in [-0.2, -0.15) is 0 Å². The van der Waals surface area contributed by atoms with Crippen molar-refractivity contribution in [1.29, 1.82) is 0 Å². The maximum atomic E-state index is 4.08. The van der Waals surface area contributed by atoms with Gasteiger partial charge in [-0.05, 0) is 31.0 Å². The molecule has 2 unspecified atom stereocenters. The van der Waals surface area contributed by atoms with Crippen LogP contribution in [0.3, 0.4) is 0 Å². The van der Waals surface area contributed by atoms with Gasteiger partial charge < -0.3 is 5.32 Å². The number of aromatic nitrogens is 3. The first-order valence-corrected chi connectivity index (χ1v) is 8.00. The van der Waals surface area contributed by atoms with E-state index < -0.39 is 0 Å². The van der Waals surface area contributed by atoms with Crippen molar-refractivity contribution in [3.63, 3.8) is 0 Å². The first-order valence-electron chi connectivity index (χ1n) is 7.12. The summed E-state index contributed by atoms with van der Waals surface area (Å²) < 4.78 is 1.89. The van der Waals surface area contributed by atoms with Crippen molar-refractivity contribution in [2.75, 3.05) is 6.54 Å². The number of fused-ring (bicyclic) bond motifs is 1. The number of thioether (sulfide) groups is 1.